The van der Waals surface area contributed by atoms with E-state index in [0.29, 0.717) is 28.5 Å². The molecule has 0 N–H and O–H groups in total. The van der Waals surface area contributed by atoms with Gasteiger partial charge < -0.3 is 9.47 Å². The highest BCUT2D eigenvalue weighted by molar-refractivity contribution is 5.60. The Morgan fingerprint density at radius 3 is 2.42 bits per heavy atom. The maximum absolute atomic E-state index is 15.1. The van der Waals surface area contributed by atoms with Gasteiger partial charge in [0.25, 0.3) is 0 Å². The summed E-state index contributed by atoms with van der Waals surface area (Å²) in [7, 11) is 0. The first-order valence-electron chi connectivity index (χ1n) is 11.2. The van der Waals surface area contributed by atoms with Gasteiger partial charge in [0, 0.05) is 23.1 Å². The summed E-state index contributed by atoms with van der Waals surface area (Å²) in [6.07, 6.45) is 8.58. The molecule has 2 unspecified atom stereocenters. The lowest BCUT2D eigenvalue weighted by Crippen LogP contribution is -2.10. The molecule has 5 heteroatoms. The smallest absolute Gasteiger partial charge is 0.205 e. The molecule has 0 saturated carbocycles. The van der Waals surface area contributed by atoms with Crippen molar-refractivity contribution >= 4 is 6.08 Å². The van der Waals surface area contributed by atoms with Gasteiger partial charge in [0.05, 0.1) is 6.61 Å². The van der Waals surface area contributed by atoms with E-state index in [2.05, 4.69) is 20.8 Å². The van der Waals surface area contributed by atoms with Crippen LogP contribution < -0.4 is 9.47 Å². The van der Waals surface area contributed by atoms with E-state index < -0.39 is 17.5 Å². The molecule has 2 aromatic carbocycles. The Morgan fingerprint density at radius 1 is 0.968 bits per heavy atom. The van der Waals surface area contributed by atoms with Crippen LogP contribution in [0.1, 0.15) is 70.1 Å². The number of ether oxygens (including phenoxy) is 2. The Kier molecular flexibility index (Phi) is 7.69. The molecular formula is C26H31F3O2. The lowest BCUT2D eigenvalue weighted by molar-refractivity contribution is 0.306. The monoisotopic (exact) mass is 432 g/mol. The van der Waals surface area contributed by atoms with Crippen molar-refractivity contribution in [3.8, 4) is 17.2 Å². The van der Waals surface area contributed by atoms with Crippen LogP contribution in [0.2, 0.25) is 0 Å². The summed E-state index contributed by atoms with van der Waals surface area (Å²) < 4.78 is 54.6. The zero-order chi connectivity index (χ0) is 22.5. The van der Waals surface area contributed by atoms with Crippen LogP contribution in [0.3, 0.4) is 0 Å². The molecule has 0 aromatic heterocycles. The molecule has 0 amide bonds. The highest BCUT2D eigenvalue weighted by Crippen LogP contribution is 2.43. The molecule has 3 rings (SSSR count). The van der Waals surface area contributed by atoms with Gasteiger partial charge in [-0.3, -0.25) is 0 Å². The molecule has 2 aromatic rings. The van der Waals surface area contributed by atoms with E-state index in [1.54, 1.807) is 25.1 Å². The van der Waals surface area contributed by atoms with Crippen molar-refractivity contribution in [2.45, 2.75) is 59.8 Å². The van der Waals surface area contributed by atoms with Crippen LogP contribution in [0, 0.1) is 29.3 Å². The summed E-state index contributed by atoms with van der Waals surface area (Å²) in [5.74, 6) is -2.29. The predicted molar refractivity (Wildman–Crippen MR) is 118 cm³/mol. The molecule has 1 heterocycles. The fraction of sp³-hybridized carbons (Fsp3) is 0.462. The normalized spacial score (nSPS) is 14.7. The van der Waals surface area contributed by atoms with Gasteiger partial charge in [-0.1, -0.05) is 64.3 Å². The summed E-state index contributed by atoms with van der Waals surface area (Å²) in [5.41, 5.74) is 1.41. The second-order valence-electron chi connectivity index (χ2n) is 8.47. The first kappa shape index (κ1) is 23.2. The van der Waals surface area contributed by atoms with Crippen LogP contribution in [-0.4, -0.2) is 6.61 Å². The van der Waals surface area contributed by atoms with Crippen LogP contribution in [0.25, 0.3) is 6.08 Å². The van der Waals surface area contributed by atoms with Crippen molar-refractivity contribution < 1.29 is 22.6 Å². The van der Waals surface area contributed by atoms with E-state index in [-0.39, 0.29) is 30.3 Å². The number of rotatable bonds is 9. The summed E-state index contributed by atoms with van der Waals surface area (Å²) in [6.45, 7) is 8.48. The van der Waals surface area contributed by atoms with Crippen molar-refractivity contribution in [2.75, 3.05) is 6.61 Å². The van der Waals surface area contributed by atoms with Crippen molar-refractivity contribution in [3.63, 3.8) is 0 Å². The molecule has 0 radical (unpaired) electrons. The average molecular weight is 433 g/mol. The van der Waals surface area contributed by atoms with E-state index in [9.17, 15) is 8.78 Å². The summed E-state index contributed by atoms with van der Waals surface area (Å²) in [6, 6.07) is 4.90. The predicted octanol–water partition coefficient (Wildman–Crippen LogP) is 8.06. The largest absolute Gasteiger partial charge is 0.491 e. The average Bonchev–Trinajstić information content (AvgIpc) is 2.75. The summed E-state index contributed by atoms with van der Waals surface area (Å²) >= 11 is 0. The maximum atomic E-state index is 15.1. The quantitative estimate of drug-likeness (QED) is 0.340. The molecule has 1 aliphatic heterocycles. The lowest BCUT2D eigenvalue weighted by Gasteiger charge is -2.23. The molecule has 0 aliphatic carbocycles. The van der Waals surface area contributed by atoms with Gasteiger partial charge in [0.15, 0.2) is 23.1 Å². The third-order valence-corrected chi connectivity index (χ3v) is 5.80. The van der Waals surface area contributed by atoms with Gasteiger partial charge in [-0.25, -0.2) is 4.39 Å². The minimum absolute atomic E-state index is 0.0404. The van der Waals surface area contributed by atoms with Crippen molar-refractivity contribution in [1.29, 1.82) is 0 Å². The Labute approximate surface area is 183 Å². The van der Waals surface area contributed by atoms with Crippen LogP contribution in [0.5, 0.6) is 17.2 Å². The van der Waals surface area contributed by atoms with Gasteiger partial charge in [0.1, 0.15) is 0 Å². The maximum Gasteiger partial charge on any atom is 0.205 e. The van der Waals surface area contributed by atoms with E-state index >= 15 is 4.39 Å². The lowest BCUT2D eigenvalue weighted by atomic mass is 9.94. The van der Waals surface area contributed by atoms with Crippen molar-refractivity contribution in [3.05, 3.63) is 58.4 Å². The fourth-order valence-electron chi connectivity index (χ4n) is 3.98. The highest BCUT2D eigenvalue weighted by Gasteiger charge is 2.28. The Balaban J connectivity index is 1.78. The number of allylic oxidation sites excluding steroid dienone is 1. The van der Waals surface area contributed by atoms with Crippen LogP contribution in [0.4, 0.5) is 13.2 Å². The van der Waals surface area contributed by atoms with E-state index in [1.807, 2.05) is 6.08 Å². The van der Waals surface area contributed by atoms with E-state index in [4.69, 9.17) is 9.47 Å². The SMILES string of the molecule is CCCC(C)CCC(C)/C=C/c1ccc2c(c1F)Oc1c(cc(OCC)c(F)c1F)C2. The standard InChI is InChI=1S/C26H31F3O2/c1-5-7-16(3)8-9-17(4)10-11-18-12-13-19-14-20-15-21(30-6-2)23(28)24(29)26(20)31-25(19)22(18)27/h10-13,15-17H,5-9,14H2,1-4H3/b11-10+. The Morgan fingerprint density at radius 2 is 1.71 bits per heavy atom. The van der Waals surface area contributed by atoms with E-state index in [1.165, 1.54) is 18.9 Å². The second-order valence-corrected chi connectivity index (χ2v) is 8.47. The van der Waals surface area contributed by atoms with Crippen LogP contribution in [-0.2, 0) is 6.42 Å². The minimum atomic E-state index is -1.15. The molecular weight excluding hydrogens is 401 g/mol. The number of hydrogen-bond donors (Lipinski definition) is 0. The second kappa shape index (κ2) is 10.3. The van der Waals surface area contributed by atoms with Gasteiger partial charge in [-0.05, 0) is 31.2 Å². The third kappa shape index (κ3) is 5.25. The molecule has 2 atom stereocenters. The van der Waals surface area contributed by atoms with Gasteiger partial charge in [0.2, 0.25) is 11.6 Å². The number of fused-ring (bicyclic) bond motifs is 2. The van der Waals surface area contributed by atoms with E-state index in [0.717, 1.165) is 12.8 Å². The molecule has 0 bridgehead atoms. The molecule has 168 valence electrons. The zero-order valence-corrected chi connectivity index (χ0v) is 18.7. The molecule has 0 saturated heterocycles. The minimum Gasteiger partial charge on any atom is -0.491 e. The molecule has 0 spiro atoms. The van der Waals surface area contributed by atoms with Crippen molar-refractivity contribution in [1.82, 2.24) is 0 Å². The van der Waals surface area contributed by atoms with Gasteiger partial charge in [-0.15, -0.1) is 0 Å². The fourth-order valence-corrected chi connectivity index (χ4v) is 3.98. The van der Waals surface area contributed by atoms with Gasteiger partial charge >= 0.3 is 0 Å². The van der Waals surface area contributed by atoms with Gasteiger partial charge in [-0.2, -0.15) is 8.78 Å². The molecule has 2 nitrogen and oxygen atoms in total. The molecule has 1 aliphatic rings. The number of benzene rings is 2. The topological polar surface area (TPSA) is 18.5 Å². The zero-order valence-electron chi connectivity index (χ0n) is 18.7. The van der Waals surface area contributed by atoms with Crippen molar-refractivity contribution in [2.24, 2.45) is 11.8 Å². The molecule has 31 heavy (non-hydrogen) atoms. The first-order valence-corrected chi connectivity index (χ1v) is 11.2. The highest BCUT2D eigenvalue weighted by atomic mass is 19.2. The summed E-state index contributed by atoms with van der Waals surface area (Å²) in [4.78, 5) is 0. The third-order valence-electron chi connectivity index (χ3n) is 5.80. The Hall–Kier alpha value is -2.43. The molecule has 0 fully saturated rings. The summed E-state index contributed by atoms with van der Waals surface area (Å²) in [5, 5.41) is 0. The number of halogens is 3. The first-order chi connectivity index (χ1) is 14.8. The number of hydrogen-bond acceptors (Lipinski definition) is 2. The van der Waals surface area contributed by atoms with Crippen LogP contribution in [0.15, 0.2) is 24.3 Å². The Bertz CT molecular complexity index is 952. The van der Waals surface area contributed by atoms with Crippen LogP contribution >= 0.6 is 0 Å².